The predicted octanol–water partition coefficient (Wildman–Crippen LogP) is -1.11. The van der Waals surface area contributed by atoms with E-state index in [-0.39, 0.29) is 11.4 Å². The van der Waals surface area contributed by atoms with Crippen molar-refractivity contribution >= 4 is 22.1 Å². The topological polar surface area (TPSA) is 167 Å². The van der Waals surface area contributed by atoms with E-state index in [4.69, 9.17) is 20.5 Å². The molecule has 0 amide bonds. The Bertz CT molecular complexity index is 626. The largest absolute Gasteiger partial charge is 0.480 e. The minimum absolute atomic E-state index is 0.0380. The quantitative estimate of drug-likeness (QED) is 0.391. The van der Waals surface area contributed by atoms with Gasteiger partial charge in [0.1, 0.15) is 12.1 Å². The van der Waals surface area contributed by atoms with Gasteiger partial charge < -0.3 is 15.9 Å². The summed E-state index contributed by atoms with van der Waals surface area (Å²) in [6.07, 6.45) is 0. The first kappa shape index (κ1) is 17.0. The van der Waals surface area contributed by atoms with E-state index in [1.165, 1.54) is 12.1 Å². The van der Waals surface area contributed by atoms with Crippen molar-refractivity contribution in [3.63, 3.8) is 0 Å². The van der Waals surface area contributed by atoms with E-state index in [9.17, 15) is 18.0 Å². The molecule has 0 radical (unpaired) electrons. The van der Waals surface area contributed by atoms with Crippen LogP contribution in [0.5, 0.6) is 0 Å². The predicted molar refractivity (Wildman–Crippen MR) is 70.1 cm³/mol. The van der Waals surface area contributed by atoms with Crippen molar-refractivity contribution in [2.45, 2.75) is 23.5 Å². The van der Waals surface area contributed by atoms with Gasteiger partial charge in [0.2, 0.25) is 0 Å². The van der Waals surface area contributed by atoms with Crippen LogP contribution in [0.1, 0.15) is 5.56 Å². The molecule has 1 aromatic rings. The van der Waals surface area contributed by atoms with Gasteiger partial charge in [-0.1, -0.05) is 12.1 Å². The summed E-state index contributed by atoms with van der Waals surface area (Å²) in [7, 11) is -4.30. The van der Waals surface area contributed by atoms with Crippen molar-refractivity contribution < 1.29 is 32.8 Å². The van der Waals surface area contributed by atoms with Gasteiger partial charge in [0.05, 0.1) is 4.90 Å². The normalized spacial score (nSPS) is 14.4. The van der Waals surface area contributed by atoms with Crippen molar-refractivity contribution in [1.82, 2.24) is 5.32 Å². The van der Waals surface area contributed by atoms with Crippen LogP contribution in [0.2, 0.25) is 0 Å². The second-order valence-corrected chi connectivity index (χ2v) is 5.60. The Hall–Kier alpha value is -2.01. The third-order valence-corrected chi connectivity index (χ3v) is 3.53. The summed E-state index contributed by atoms with van der Waals surface area (Å²) in [5.74, 6) is -2.88. The molecule has 0 bridgehead atoms. The average molecular weight is 318 g/mol. The zero-order chi connectivity index (χ0) is 16.2. The molecule has 1 rings (SSSR count). The summed E-state index contributed by atoms with van der Waals surface area (Å²) in [6.45, 7) is -0.0380. The molecule has 2 unspecified atom stereocenters. The molecule has 0 saturated heterocycles. The molecule has 2 atom stereocenters. The molecule has 0 aliphatic heterocycles. The Morgan fingerprint density at radius 1 is 1.14 bits per heavy atom. The number of benzene rings is 1. The molecule has 21 heavy (non-hydrogen) atoms. The van der Waals surface area contributed by atoms with E-state index < -0.39 is 34.1 Å². The smallest absolute Gasteiger partial charge is 0.322 e. The maximum atomic E-state index is 10.9. The SMILES string of the molecule is NC(C(=O)O)C(NCc1ccc(S(=O)(=O)O)cc1)C(=O)O. The zero-order valence-electron chi connectivity index (χ0n) is 10.6. The zero-order valence-corrected chi connectivity index (χ0v) is 11.4. The molecule has 9 nitrogen and oxygen atoms in total. The van der Waals surface area contributed by atoms with Crippen LogP contribution in [-0.4, -0.2) is 47.2 Å². The van der Waals surface area contributed by atoms with Crippen molar-refractivity contribution in [1.29, 1.82) is 0 Å². The van der Waals surface area contributed by atoms with Crippen LogP contribution in [0.15, 0.2) is 29.2 Å². The number of carboxylic acid groups (broad SMARTS) is 2. The molecule has 10 heteroatoms. The second kappa shape index (κ2) is 6.63. The van der Waals surface area contributed by atoms with Gasteiger partial charge in [-0.2, -0.15) is 8.42 Å². The fourth-order valence-corrected chi connectivity index (χ4v) is 2.00. The van der Waals surface area contributed by atoms with Gasteiger partial charge in [0.25, 0.3) is 10.1 Å². The molecule has 116 valence electrons. The number of hydrogen-bond donors (Lipinski definition) is 5. The number of hydrogen-bond acceptors (Lipinski definition) is 6. The Kier molecular flexibility index (Phi) is 5.38. The van der Waals surface area contributed by atoms with Crippen LogP contribution < -0.4 is 11.1 Å². The lowest BCUT2D eigenvalue weighted by atomic mass is 10.1. The molecule has 0 aliphatic carbocycles. The van der Waals surface area contributed by atoms with Gasteiger partial charge in [-0.15, -0.1) is 0 Å². The lowest BCUT2D eigenvalue weighted by Gasteiger charge is -2.18. The van der Waals surface area contributed by atoms with E-state index in [1.54, 1.807) is 0 Å². The molecular formula is C11H14N2O7S. The van der Waals surface area contributed by atoms with Crippen LogP contribution >= 0.6 is 0 Å². The van der Waals surface area contributed by atoms with Crippen LogP contribution in [-0.2, 0) is 26.3 Å². The molecule has 0 aliphatic rings. The van der Waals surface area contributed by atoms with E-state index in [0.29, 0.717) is 5.56 Å². The minimum atomic E-state index is -4.30. The summed E-state index contributed by atoms with van der Waals surface area (Å²) in [4.78, 5) is 21.3. The van der Waals surface area contributed by atoms with E-state index in [1.807, 2.05) is 0 Å². The molecule has 0 fully saturated rings. The molecule has 6 N–H and O–H groups in total. The van der Waals surface area contributed by atoms with Gasteiger partial charge in [-0.25, -0.2) is 0 Å². The van der Waals surface area contributed by atoms with E-state index in [2.05, 4.69) is 5.32 Å². The van der Waals surface area contributed by atoms with Crippen LogP contribution in [0.4, 0.5) is 0 Å². The van der Waals surface area contributed by atoms with Crippen molar-refractivity contribution in [2.75, 3.05) is 0 Å². The lowest BCUT2D eigenvalue weighted by Crippen LogP contribution is -2.53. The molecule has 0 spiro atoms. The minimum Gasteiger partial charge on any atom is -0.480 e. The Balaban J connectivity index is 2.77. The Morgan fingerprint density at radius 3 is 2.05 bits per heavy atom. The summed E-state index contributed by atoms with van der Waals surface area (Å²) < 4.78 is 30.5. The number of carbonyl (C=O) groups is 2. The van der Waals surface area contributed by atoms with Crippen molar-refractivity contribution in [2.24, 2.45) is 5.73 Å². The van der Waals surface area contributed by atoms with E-state index in [0.717, 1.165) is 12.1 Å². The highest BCUT2D eigenvalue weighted by molar-refractivity contribution is 7.85. The monoisotopic (exact) mass is 318 g/mol. The molecule has 0 heterocycles. The fourth-order valence-electron chi connectivity index (χ4n) is 1.52. The van der Waals surface area contributed by atoms with Crippen LogP contribution in [0.3, 0.4) is 0 Å². The van der Waals surface area contributed by atoms with Crippen LogP contribution in [0, 0.1) is 0 Å². The maximum Gasteiger partial charge on any atom is 0.322 e. The first-order chi connectivity index (χ1) is 9.62. The van der Waals surface area contributed by atoms with Gasteiger partial charge in [0.15, 0.2) is 0 Å². The summed E-state index contributed by atoms with van der Waals surface area (Å²) in [5.41, 5.74) is 5.74. The van der Waals surface area contributed by atoms with Crippen molar-refractivity contribution in [3.05, 3.63) is 29.8 Å². The van der Waals surface area contributed by atoms with E-state index >= 15 is 0 Å². The highest BCUT2D eigenvalue weighted by atomic mass is 32.2. The fraction of sp³-hybridized carbons (Fsp3) is 0.273. The maximum absolute atomic E-state index is 10.9. The number of nitrogens with two attached hydrogens (primary N) is 1. The molecule has 1 aromatic carbocycles. The van der Waals surface area contributed by atoms with Gasteiger partial charge >= 0.3 is 11.9 Å². The molecule has 0 aromatic heterocycles. The van der Waals surface area contributed by atoms with Gasteiger partial charge in [0, 0.05) is 6.54 Å². The van der Waals surface area contributed by atoms with Crippen molar-refractivity contribution in [3.8, 4) is 0 Å². The number of aliphatic carboxylic acids is 2. The standard InChI is InChI=1S/C11H14N2O7S/c12-8(10(14)15)9(11(16)17)13-5-6-1-3-7(4-2-6)21(18,19)20/h1-4,8-9,13H,5,12H2,(H,14,15)(H,16,17)(H,18,19,20). The third kappa shape index (κ3) is 4.79. The average Bonchev–Trinajstić information content (AvgIpc) is 2.37. The van der Waals surface area contributed by atoms with Crippen LogP contribution in [0.25, 0.3) is 0 Å². The summed E-state index contributed by atoms with van der Waals surface area (Å²) in [6, 6.07) is 1.85. The highest BCUT2D eigenvalue weighted by Gasteiger charge is 2.30. The highest BCUT2D eigenvalue weighted by Crippen LogP contribution is 2.10. The van der Waals surface area contributed by atoms with Gasteiger partial charge in [-0.3, -0.25) is 19.5 Å². The first-order valence-electron chi connectivity index (χ1n) is 5.64. The first-order valence-corrected chi connectivity index (χ1v) is 7.08. The Labute approximate surface area is 120 Å². The number of carboxylic acids is 2. The molecule has 0 saturated carbocycles. The summed E-state index contributed by atoms with van der Waals surface area (Å²) >= 11 is 0. The lowest BCUT2D eigenvalue weighted by molar-refractivity contribution is -0.147. The van der Waals surface area contributed by atoms with Gasteiger partial charge in [-0.05, 0) is 17.7 Å². The second-order valence-electron chi connectivity index (χ2n) is 4.18. The number of nitrogens with one attached hydrogen (secondary N) is 1. The third-order valence-electron chi connectivity index (χ3n) is 2.66. The number of rotatable bonds is 7. The molecular weight excluding hydrogens is 304 g/mol. The summed E-state index contributed by atoms with van der Waals surface area (Å²) in [5, 5.41) is 20.1. The Morgan fingerprint density at radius 2 is 1.67 bits per heavy atom.